The second-order valence-corrected chi connectivity index (χ2v) is 3.09. The first-order valence-corrected chi connectivity index (χ1v) is 4.45. The minimum absolute atomic E-state index is 0.738. The highest BCUT2D eigenvalue weighted by Crippen LogP contribution is 2.17. The summed E-state index contributed by atoms with van der Waals surface area (Å²) in [4.78, 5) is 5.31. The van der Waals surface area contributed by atoms with Gasteiger partial charge in [0.1, 0.15) is 11.9 Å². The van der Waals surface area contributed by atoms with Crippen molar-refractivity contribution in [1.29, 1.82) is 5.26 Å². The molecule has 4 nitrogen and oxygen atoms in total. The highest BCUT2D eigenvalue weighted by molar-refractivity contribution is 5.54. The molecule has 0 radical (unpaired) electrons. The molecule has 0 atom stereocenters. The molecule has 1 aliphatic heterocycles. The molecule has 1 fully saturated rings. The fourth-order valence-corrected chi connectivity index (χ4v) is 1.60. The van der Waals surface area contributed by atoms with Gasteiger partial charge in [-0.25, -0.2) is 0 Å². The fraction of sp³-hybridized carbons (Fsp3) is 0.444. The van der Waals surface area contributed by atoms with Crippen molar-refractivity contribution in [2.24, 2.45) is 0 Å². The standard InChI is InChI=1S/C9H12N4/c10-7-8-1-2-12-9(8)13-5-3-11-4-6-13/h1-2,11-12H,3-6H2. The predicted octanol–water partition coefficient (Wildman–Crippen LogP) is 0.296. The zero-order valence-electron chi connectivity index (χ0n) is 7.38. The van der Waals surface area contributed by atoms with Crippen molar-refractivity contribution in [1.82, 2.24) is 10.3 Å². The smallest absolute Gasteiger partial charge is 0.124 e. The van der Waals surface area contributed by atoms with Gasteiger partial charge >= 0.3 is 0 Å². The van der Waals surface area contributed by atoms with E-state index in [1.807, 2.05) is 12.3 Å². The third-order valence-corrected chi connectivity index (χ3v) is 2.28. The number of aromatic nitrogens is 1. The van der Waals surface area contributed by atoms with E-state index in [0.29, 0.717) is 0 Å². The first kappa shape index (κ1) is 8.14. The maximum atomic E-state index is 8.83. The quantitative estimate of drug-likeness (QED) is 0.647. The van der Waals surface area contributed by atoms with Gasteiger partial charge in [-0.1, -0.05) is 0 Å². The Morgan fingerprint density at radius 2 is 2.15 bits per heavy atom. The number of nitrogens with zero attached hydrogens (tertiary/aromatic N) is 2. The zero-order valence-corrected chi connectivity index (χ0v) is 7.38. The van der Waals surface area contributed by atoms with Crippen molar-refractivity contribution in [3.63, 3.8) is 0 Å². The summed E-state index contributed by atoms with van der Waals surface area (Å²) in [6, 6.07) is 4.00. The Labute approximate surface area is 77.2 Å². The van der Waals surface area contributed by atoms with Crippen LogP contribution in [0.5, 0.6) is 0 Å². The number of hydrogen-bond acceptors (Lipinski definition) is 3. The van der Waals surface area contributed by atoms with E-state index < -0.39 is 0 Å². The van der Waals surface area contributed by atoms with E-state index in [1.165, 1.54) is 0 Å². The van der Waals surface area contributed by atoms with E-state index >= 15 is 0 Å². The summed E-state index contributed by atoms with van der Waals surface area (Å²) in [5.41, 5.74) is 0.738. The van der Waals surface area contributed by atoms with Crippen LogP contribution in [-0.2, 0) is 0 Å². The van der Waals surface area contributed by atoms with E-state index in [0.717, 1.165) is 37.6 Å². The van der Waals surface area contributed by atoms with Crippen LogP contribution in [0.1, 0.15) is 5.56 Å². The number of hydrogen-bond donors (Lipinski definition) is 2. The molecule has 1 aromatic rings. The highest BCUT2D eigenvalue weighted by Gasteiger charge is 2.14. The van der Waals surface area contributed by atoms with Crippen LogP contribution >= 0.6 is 0 Å². The Balaban J connectivity index is 2.19. The van der Waals surface area contributed by atoms with Gasteiger partial charge in [0.05, 0.1) is 5.56 Å². The summed E-state index contributed by atoms with van der Waals surface area (Å²) >= 11 is 0. The summed E-state index contributed by atoms with van der Waals surface area (Å²) < 4.78 is 0. The van der Waals surface area contributed by atoms with Crippen LogP contribution in [0.4, 0.5) is 5.82 Å². The van der Waals surface area contributed by atoms with Gasteiger partial charge in [0.2, 0.25) is 0 Å². The predicted molar refractivity (Wildman–Crippen MR) is 50.6 cm³/mol. The van der Waals surface area contributed by atoms with Gasteiger partial charge in [-0.2, -0.15) is 5.26 Å². The molecule has 0 aliphatic carbocycles. The number of piperazine rings is 1. The van der Waals surface area contributed by atoms with Crippen LogP contribution in [0.25, 0.3) is 0 Å². The first-order valence-electron chi connectivity index (χ1n) is 4.45. The lowest BCUT2D eigenvalue weighted by Crippen LogP contribution is -2.43. The van der Waals surface area contributed by atoms with Crippen LogP contribution in [-0.4, -0.2) is 31.2 Å². The molecule has 0 saturated carbocycles. The van der Waals surface area contributed by atoms with Crippen LogP contribution in [0.3, 0.4) is 0 Å². The van der Waals surface area contributed by atoms with Crippen molar-refractivity contribution in [3.8, 4) is 6.07 Å². The van der Waals surface area contributed by atoms with Crippen LogP contribution in [0.2, 0.25) is 0 Å². The van der Waals surface area contributed by atoms with Gasteiger partial charge in [-0.3, -0.25) is 0 Å². The summed E-state index contributed by atoms with van der Waals surface area (Å²) in [7, 11) is 0. The third kappa shape index (κ3) is 1.51. The number of nitrogens with one attached hydrogen (secondary N) is 2. The normalized spacial score (nSPS) is 17.0. The Kier molecular flexibility index (Phi) is 2.19. The fourth-order valence-electron chi connectivity index (χ4n) is 1.60. The molecule has 2 N–H and O–H groups in total. The van der Waals surface area contributed by atoms with Crippen LogP contribution < -0.4 is 10.2 Å². The monoisotopic (exact) mass is 176 g/mol. The van der Waals surface area contributed by atoms with Gasteiger partial charge in [0.15, 0.2) is 0 Å². The average Bonchev–Trinajstić information content (AvgIpc) is 2.67. The number of H-pyrrole nitrogens is 1. The van der Waals surface area contributed by atoms with Gasteiger partial charge < -0.3 is 15.2 Å². The van der Waals surface area contributed by atoms with E-state index in [2.05, 4.69) is 21.3 Å². The SMILES string of the molecule is N#Cc1cc[nH]c1N1CCNCC1. The van der Waals surface area contributed by atoms with Crippen molar-refractivity contribution in [2.45, 2.75) is 0 Å². The molecule has 4 heteroatoms. The molecule has 1 saturated heterocycles. The lowest BCUT2D eigenvalue weighted by molar-refractivity contribution is 0.585. The molecular weight excluding hydrogens is 164 g/mol. The Hall–Kier alpha value is -1.47. The van der Waals surface area contributed by atoms with E-state index in [9.17, 15) is 0 Å². The molecule has 68 valence electrons. The molecule has 0 aromatic carbocycles. The summed E-state index contributed by atoms with van der Waals surface area (Å²) in [6.07, 6.45) is 1.82. The molecule has 0 amide bonds. The van der Waals surface area contributed by atoms with Crippen molar-refractivity contribution < 1.29 is 0 Å². The van der Waals surface area contributed by atoms with E-state index in [4.69, 9.17) is 5.26 Å². The summed E-state index contributed by atoms with van der Waals surface area (Å²) in [5.74, 6) is 0.962. The molecule has 1 aromatic heterocycles. The molecular formula is C9H12N4. The van der Waals surface area contributed by atoms with Crippen molar-refractivity contribution >= 4 is 5.82 Å². The second-order valence-electron chi connectivity index (χ2n) is 3.09. The minimum atomic E-state index is 0.738. The zero-order chi connectivity index (χ0) is 9.10. The maximum Gasteiger partial charge on any atom is 0.124 e. The lowest BCUT2D eigenvalue weighted by atomic mass is 10.3. The topological polar surface area (TPSA) is 54.9 Å². The molecule has 1 aliphatic rings. The molecule has 0 bridgehead atoms. The number of nitriles is 1. The Morgan fingerprint density at radius 3 is 2.85 bits per heavy atom. The number of aromatic amines is 1. The van der Waals surface area contributed by atoms with Crippen LogP contribution in [0.15, 0.2) is 12.3 Å². The second kappa shape index (κ2) is 3.50. The maximum absolute atomic E-state index is 8.83. The third-order valence-electron chi connectivity index (χ3n) is 2.28. The molecule has 2 rings (SSSR count). The van der Waals surface area contributed by atoms with Gasteiger partial charge in [0, 0.05) is 32.4 Å². The van der Waals surface area contributed by atoms with Gasteiger partial charge in [-0.05, 0) is 6.07 Å². The molecule has 0 spiro atoms. The van der Waals surface area contributed by atoms with Gasteiger partial charge in [-0.15, -0.1) is 0 Å². The van der Waals surface area contributed by atoms with Crippen molar-refractivity contribution in [3.05, 3.63) is 17.8 Å². The lowest BCUT2D eigenvalue weighted by Gasteiger charge is -2.28. The van der Waals surface area contributed by atoms with E-state index in [-0.39, 0.29) is 0 Å². The first-order chi connectivity index (χ1) is 6.42. The number of rotatable bonds is 1. The Bertz CT molecular complexity index is 317. The number of anilines is 1. The van der Waals surface area contributed by atoms with Gasteiger partial charge in [0.25, 0.3) is 0 Å². The Morgan fingerprint density at radius 1 is 1.38 bits per heavy atom. The highest BCUT2D eigenvalue weighted by atomic mass is 15.2. The average molecular weight is 176 g/mol. The largest absolute Gasteiger partial charge is 0.355 e. The summed E-state index contributed by atoms with van der Waals surface area (Å²) in [6.45, 7) is 3.91. The molecule has 0 unspecified atom stereocenters. The van der Waals surface area contributed by atoms with Crippen molar-refractivity contribution in [2.75, 3.05) is 31.1 Å². The van der Waals surface area contributed by atoms with E-state index in [1.54, 1.807) is 0 Å². The summed E-state index contributed by atoms with van der Waals surface area (Å²) in [5, 5.41) is 12.1. The van der Waals surface area contributed by atoms with Crippen LogP contribution in [0, 0.1) is 11.3 Å². The molecule has 13 heavy (non-hydrogen) atoms. The molecule has 2 heterocycles. The minimum Gasteiger partial charge on any atom is -0.355 e.